The van der Waals surface area contributed by atoms with E-state index in [-0.39, 0.29) is 40.3 Å². The van der Waals surface area contributed by atoms with Crippen molar-refractivity contribution in [2.45, 2.75) is 25.6 Å². The van der Waals surface area contributed by atoms with Crippen LogP contribution in [0.4, 0.5) is 4.39 Å². The molecule has 1 aliphatic heterocycles. The van der Waals surface area contributed by atoms with Crippen LogP contribution in [0.5, 0.6) is 11.5 Å². The standard InChI is InChI=1S/C22H20ClFN4O4/c1-28-21(26-27-22(28)29)12-32-20-9-18(23)13(10-25)7-17(20)16-8-14(4-5-19(16)24)31-11-15-3-2-6-30-15/h4-5,7-9,15H,2-3,6,11-12H2,1H3,(H,27,29). The topological polar surface area (TPSA) is 102 Å². The number of aromatic nitrogens is 3. The molecule has 1 fully saturated rings. The number of hydrogen-bond acceptors (Lipinski definition) is 6. The molecule has 166 valence electrons. The van der Waals surface area contributed by atoms with Gasteiger partial charge < -0.3 is 14.2 Å². The SMILES string of the molecule is Cn1c(COc2cc(Cl)c(C#N)cc2-c2cc(OCC3CCCO3)ccc2F)n[nH]c1=O. The van der Waals surface area contributed by atoms with Crippen molar-refractivity contribution in [1.82, 2.24) is 14.8 Å². The maximum absolute atomic E-state index is 14.8. The van der Waals surface area contributed by atoms with Crippen molar-refractivity contribution in [3.05, 3.63) is 63.0 Å². The van der Waals surface area contributed by atoms with Gasteiger partial charge in [-0.25, -0.2) is 14.3 Å². The first-order valence-corrected chi connectivity index (χ1v) is 10.3. The van der Waals surface area contributed by atoms with Gasteiger partial charge in [-0.1, -0.05) is 11.6 Å². The highest BCUT2D eigenvalue weighted by Crippen LogP contribution is 2.38. The van der Waals surface area contributed by atoms with Crippen molar-refractivity contribution in [3.63, 3.8) is 0 Å². The highest BCUT2D eigenvalue weighted by atomic mass is 35.5. The van der Waals surface area contributed by atoms with Gasteiger partial charge in [0.15, 0.2) is 5.82 Å². The van der Waals surface area contributed by atoms with Gasteiger partial charge in [-0.15, -0.1) is 0 Å². The second-order valence-electron chi connectivity index (χ2n) is 7.32. The third-order valence-electron chi connectivity index (χ3n) is 5.21. The molecule has 4 rings (SSSR count). The lowest BCUT2D eigenvalue weighted by Gasteiger charge is -2.16. The second kappa shape index (κ2) is 9.42. The van der Waals surface area contributed by atoms with Crippen LogP contribution in [0.2, 0.25) is 5.02 Å². The van der Waals surface area contributed by atoms with Crippen LogP contribution < -0.4 is 15.2 Å². The molecular formula is C22H20ClFN4O4. The second-order valence-corrected chi connectivity index (χ2v) is 7.73. The lowest BCUT2D eigenvalue weighted by atomic mass is 10.0. The molecule has 1 unspecified atom stereocenters. The summed E-state index contributed by atoms with van der Waals surface area (Å²) in [4.78, 5) is 11.6. The summed E-state index contributed by atoms with van der Waals surface area (Å²) in [5.41, 5.74) is 0.301. The average molecular weight is 459 g/mol. The third kappa shape index (κ3) is 4.61. The molecule has 2 heterocycles. The Morgan fingerprint density at radius 1 is 1.34 bits per heavy atom. The Bertz CT molecular complexity index is 1230. The summed E-state index contributed by atoms with van der Waals surface area (Å²) >= 11 is 6.19. The number of halogens is 2. The van der Waals surface area contributed by atoms with Gasteiger partial charge in [-0.3, -0.25) is 4.57 Å². The quantitative estimate of drug-likeness (QED) is 0.580. The lowest BCUT2D eigenvalue weighted by molar-refractivity contribution is 0.0679. The Hall–Kier alpha value is -3.35. The first-order chi connectivity index (χ1) is 15.5. The van der Waals surface area contributed by atoms with E-state index >= 15 is 0 Å². The van der Waals surface area contributed by atoms with Gasteiger partial charge in [0.25, 0.3) is 0 Å². The molecule has 1 atom stereocenters. The molecule has 0 saturated carbocycles. The van der Waals surface area contributed by atoms with Crippen molar-refractivity contribution in [3.8, 4) is 28.7 Å². The van der Waals surface area contributed by atoms with E-state index in [1.54, 1.807) is 13.1 Å². The zero-order valence-corrected chi connectivity index (χ0v) is 18.0. The Morgan fingerprint density at radius 2 is 2.19 bits per heavy atom. The van der Waals surface area contributed by atoms with Crippen molar-refractivity contribution >= 4 is 11.6 Å². The number of benzene rings is 2. The van der Waals surface area contributed by atoms with E-state index in [9.17, 15) is 14.4 Å². The number of H-pyrrole nitrogens is 1. The van der Waals surface area contributed by atoms with Crippen LogP contribution in [0.25, 0.3) is 11.1 Å². The minimum absolute atomic E-state index is 0.0172. The summed E-state index contributed by atoms with van der Waals surface area (Å²) in [6.45, 7) is 1.01. The van der Waals surface area contributed by atoms with Crippen molar-refractivity contribution in [2.75, 3.05) is 13.2 Å². The van der Waals surface area contributed by atoms with Crippen molar-refractivity contribution < 1.29 is 18.6 Å². The highest BCUT2D eigenvalue weighted by molar-refractivity contribution is 6.32. The molecule has 0 spiro atoms. The predicted molar refractivity (Wildman–Crippen MR) is 114 cm³/mol. The molecular weight excluding hydrogens is 439 g/mol. The molecule has 32 heavy (non-hydrogen) atoms. The molecule has 2 aromatic carbocycles. The van der Waals surface area contributed by atoms with Crippen LogP contribution in [0, 0.1) is 17.1 Å². The van der Waals surface area contributed by atoms with E-state index in [0.717, 1.165) is 12.8 Å². The molecule has 0 radical (unpaired) electrons. The third-order valence-corrected chi connectivity index (χ3v) is 5.52. The number of ether oxygens (including phenoxy) is 3. The normalized spacial score (nSPS) is 15.5. The fourth-order valence-corrected chi connectivity index (χ4v) is 3.58. The summed E-state index contributed by atoms with van der Waals surface area (Å²) in [5, 5.41) is 15.8. The lowest BCUT2D eigenvalue weighted by Crippen LogP contribution is -2.16. The number of hydrogen-bond donors (Lipinski definition) is 1. The molecule has 3 aromatic rings. The van der Waals surface area contributed by atoms with Crippen LogP contribution in [-0.4, -0.2) is 34.1 Å². The minimum atomic E-state index is -0.516. The van der Waals surface area contributed by atoms with Crippen molar-refractivity contribution in [2.24, 2.45) is 7.05 Å². The van der Waals surface area contributed by atoms with Gasteiger partial charge in [0, 0.05) is 30.8 Å². The maximum atomic E-state index is 14.8. The van der Waals surface area contributed by atoms with Gasteiger partial charge in [-0.2, -0.15) is 10.4 Å². The Balaban J connectivity index is 1.66. The number of aromatic amines is 1. The molecule has 8 nitrogen and oxygen atoms in total. The van der Waals surface area contributed by atoms with Crippen molar-refractivity contribution in [1.29, 1.82) is 5.26 Å². The van der Waals surface area contributed by atoms with Gasteiger partial charge in [0.05, 0.1) is 16.7 Å². The minimum Gasteiger partial charge on any atom is -0.491 e. The first-order valence-electron chi connectivity index (χ1n) is 9.97. The monoisotopic (exact) mass is 458 g/mol. The summed E-state index contributed by atoms with van der Waals surface area (Å²) in [6, 6.07) is 9.28. The number of nitriles is 1. The van der Waals surface area contributed by atoms with Crippen LogP contribution in [0.1, 0.15) is 24.2 Å². The zero-order chi connectivity index (χ0) is 22.7. The Kier molecular flexibility index (Phi) is 6.44. The fraction of sp³-hybridized carbons (Fsp3) is 0.318. The molecule has 0 amide bonds. The maximum Gasteiger partial charge on any atom is 0.343 e. The predicted octanol–water partition coefficient (Wildman–Crippen LogP) is 3.58. The molecule has 1 N–H and O–H groups in total. The van der Waals surface area contributed by atoms with Crippen LogP contribution >= 0.6 is 11.6 Å². The van der Waals surface area contributed by atoms with Gasteiger partial charge in [0.1, 0.15) is 36.6 Å². The Morgan fingerprint density at radius 3 is 2.88 bits per heavy atom. The van der Waals surface area contributed by atoms with E-state index in [2.05, 4.69) is 10.2 Å². The van der Waals surface area contributed by atoms with Gasteiger partial charge >= 0.3 is 5.69 Å². The number of nitrogens with zero attached hydrogens (tertiary/aromatic N) is 3. The van der Waals surface area contributed by atoms with Crippen LogP contribution in [-0.2, 0) is 18.4 Å². The van der Waals surface area contributed by atoms with E-state index in [1.165, 1.54) is 28.8 Å². The average Bonchev–Trinajstić information content (AvgIpc) is 3.42. The summed E-state index contributed by atoms with van der Waals surface area (Å²) < 4.78 is 33.3. The van der Waals surface area contributed by atoms with Crippen LogP contribution in [0.15, 0.2) is 35.1 Å². The molecule has 0 aliphatic carbocycles. The van der Waals surface area contributed by atoms with Gasteiger partial charge in [0.2, 0.25) is 0 Å². The summed E-state index contributed by atoms with van der Waals surface area (Å²) in [5.74, 6) is 0.527. The van der Waals surface area contributed by atoms with E-state index in [4.69, 9.17) is 25.8 Å². The summed E-state index contributed by atoms with van der Waals surface area (Å²) in [7, 11) is 1.55. The largest absolute Gasteiger partial charge is 0.491 e. The smallest absolute Gasteiger partial charge is 0.343 e. The number of rotatable bonds is 7. The van der Waals surface area contributed by atoms with Crippen LogP contribution in [0.3, 0.4) is 0 Å². The molecule has 0 bridgehead atoms. The first kappa shape index (κ1) is 21.9. The number of nitrogens with one attached hydrogen (secondary N) is 1. The molecule has 1 aliphatic rings. The van der Waals surface area contributed by atoms with E-state index in [1.807, 2.05) is 6.07 Å². The highest BCUT2D eigenvalue weighted by Gasteiger charge is 2.19. The Labute approximate surface area is 188 Å². The summed E-state index contributed by atoms with van der Waals surface area (Å²) in [6.07, 6.45) is 1.93. The van der Waals surface area contributed by atoms with E-state index in [0.29, 0.717) is 30.4 Å². The molecule has 10 heteroatoms. The van der Waals surface area contributed by atoms with Gasteiger partial charge in [-0.05, 0) is 37.1 Å². The van der Waals surface area contributed by atoms with E-state index < -0.39 is 5.82 Å². The molecule has 1 aromatic heterocycles. The zero-order valence-electron chi connectivity index (χ0n) is 17.2. The molecule has 1 saturated heterocycles. The fourth-order valence-electron chi connectivity index (χ4n) is 3.39.